The molecule has 0 rings (SSSR count). The SMILES string of the molecule is C=CC(C)OOC[SiH](C[SiH2]C)O[SiH2]C. The second kappa shape index (κ2) is 9.81. The summed E-state index contributed by atoms with van der Waals surface area (Å²) in [5, 5.41) is 0. The Bertz CT molecular complexity index is 140. The van der Waals surface area contributed by atoms with Gasteiger partial charge in [-0.25, -0.2) is 9.78 Å². The van der Waals surface area contributed by atoms with E-state index >= 15 is 0 Å². The highest BCUT2D eigenvalue weighted by Gasteiger charge is 2.11. The molecule has 0 radical (unpaired) electrons. The predicted octanol–water partition coefficient (Wildman–Crippen LogP) is 0.0950. The molecule has 0 saturated carbocycles. The number of hydrogen-bond acceptors (Lipinski definition) is 3. The zero-order valence-electron chi connectivity index (χ0n) is 9.49. The molecule has 3 nitrogen and oxygen atoms in total. The summed E-state index contributed by atoms with van der Waals surface area (Å²) < 4.78 is 5.78. The van der Waals surface area contributed by atoms with Gasteiger partial charge in [0.1, 0.15) is 15.9 Å². The first-order chi connectivity index (χ1) is 6.74. The lowest BCUT2D eigenvalue weighted by molar-refractivity contribution is -0.299. The first-order valence-electron chi connectivity index (χ1n) is 5.27. The van der Waals surface area contributed by atoms with Gasteiger partial charge in [0.05, 0.1) is 6.23 Å². The van der Waals surface area contributed by atoms with E-state index in [1.165, 1.54) is 5.67 Å². The third-order valence-electron chi connectivity index (χ3n) is 1.82. The zero-order valence-corrected chi connectivity index (χ0v) is 13.5. The molecule has 0 N–H and O–H groups in total. The lowest BCUT2D eigenvalue weighted by Gasteiger charge is -2.15. The lowest BCUT2D eigenvalue weighted by atomic mass is 10.4. The molecule has 0 heterocycles. The standard InChI is InChI=1S/C8H22O3Si3/c1-5-8(2)10-9-6-14(7-12-3)11-13-4/h5,8,14H,1,6-7,12-13H2,2-4H3. The summed E-state index contributed by atoms with van der Waals surface area (Å²) in [7, 11) is -1.24. The molecule has 0 aromatic rings. The second-order valence-electron chi connectivity index (χ2n) is 3.19. The molecule has 0 aliphatic carbocycles. The van der Waals surface area contributed by atoms with Crippen LogP contribution in [0.1, 0.15) is 6.92 Å². The topological polar surface area (TPSA) is 27.7 Å². The van der Waals surface area contributed by atoms with Gasteiger partial charge in [0.15, 0.2) is 9.04 Å². The summed E-state index contributed by atoms with van der Waals surface area (Å²) in [6.45, 7) is 10.0. The van der Waals surface area contributed by atoms with Gasteiger partial charge in [-0.1, -0.05) is 19.2 Å². The van der Waals surface area contributed by atoms with Crippen molar-refractivity contribution in [3.63, 3.8) is 0 Å². The van der Waals surface area contributed by atoms with Crippen molar-refractivity contribution in [1.29, 1.82) is 0 Å². The Morgan fingerprint density at radius 1 is 1.50 bits per heavy atom. The third-order valence-corrected chi connectivity index (χ3v) is 10.4. The fraction of sp³-hybridized carbons (Fsp3) is 0.750. The highest BCUT2D eigenvalue weighted by Crippen LogP contribution is 1.98. The summed E-state index contributed by atoms with van der Waals surface area (Å²) in [6.07, 6.45) is 2.39. The molecule has 84 valence electrons. The van der Waals surface area contributed by atoms with E-state index in [1.54, 1.807) is 6.08 Å². The van der Waals surface area contributed by atoms with Crippen LogP contribution in [0.4, 0.5) is 0 Å². The second-order valence-corrected chi connectivity index (χ2v) is 9.99. The normalized spacial score (nSPS) is 16.8. The minimum absolute atomic E-state index is 0.0256. The molecule has 0 aromatic heterocycles. The average Bonchev–Trinajstić information content (AvgIpc) is 2.18. The van der Waals surface area contributed by atoms with Crippen LogP contribution in [0.25, 0.3) is 0 Å². The highest BCUT2D eigenvalue weighted by molar-refractivity contribution is 6.67. The number of hydrogen-bond donors (Lipinski definition) is 0. The van der Waals surface area contributed by atoms with E-state index in [4.69, 9.17) is 13.9 Å². The van der Waals surface area contributed by atoms with Gasteiger partial charge < -0.3 is 4.12 Å². The average molecular weight is 251 g/mol. The Labute approximate surface area is 93.2 Å². The summed E-state index contributed by atoms with van der Waals surface area (Å²) in [5.74, 6) is 0. The maximum atomic E-state index is 5.78. The largest absolute Gasteiger partial charge is 0.461 e. The predicted molar refractivity (Wildman–Crippen MR) is 68.6 cm³/mol. The quantitative estimate of drug-likeness (QED) is 0.251. The van der Waals surface area contributed by atoms with E-state index in [-0.39, 0.29) is 25.4 Å². The smallest absolute Gasteiger partial charge is 0.189 e. The van der Waals surface area contributed by atoms with E-state index in [9.17, 15) is 0 Å². The van der Waals surface area contributed by atoms with Crippen LogP contribution in [0.15, 0.2) is 12.7 Å². The van der Waals surface area contributed by atoms with Gasteiger partial charge in [-0.3, -0.25) is 0 Å². The lowest BCUT2D eigenvalue weighted by Crippen LogP contribution is -2.28. The van der Waals surface area contributed by atoms with E-state index in [1.807, 2.05) is 6.92 Å². The molecule has 2 unspecified atom stereocenters. The molecule has 0 aliphatic rings. The van der Waals surface area contributed by atoms with Crippen molar-refractivity contribution in [2.24, 2.45) is 0 Å². The van der Waals surface area contributed by atoms with Gasteiger partial charge in [-0.15, -0.1) is 6.58 Å². The van der Waals surface area contributed by atoms with Crippen molar-refractivity contribution in [2.45, 2.75) is 31.8 Å². The van der Waals surface area contributed by atoms with Gasteiger partial charge in [0.2, 0.25) is 0 Å². The molecule has 2 atom stereocenters. The monoisotopic (exact) mass is 250 g/mol. The summed E-state index contributed by atoms with van der Waals surface area (Å²) in [5.41, 5.74) is 1.31. The van der Waals surface area contributed by atoms with Crippen molar-refractivity contribution < 1.29 is 13.9 Å². The van der Waals surface area contributed by atoms with Gasteiger partial charge in [-0.2, -0.15) is 0 Å². The molecule has 0 bridgehead atoms. The van der Waals surface area contributed by atoms with E-state index < -0.39 is 9.04 Å². The fourth-order valence-electron chi connectivity index (χ4n) is 1.03. The maximum absolute atomic E-state index is 5.78. The minimum Gasteiger partial charge on any atom is -0.461 e. The van der Waals surface area contributed by atoms with Crippen LogP contribution in [-0.2, 0) is 13.9 Å². The number of rotatable bonds is 9. The Balaban J connectivity index is 3.53. The Morgan fingerprint density at radius 2 is 2.21 bits per heavy atom. The van der Waals surface area contributed by atoms with Gasteiger partial charge in [0, 0.05) is 9.52 Å². The molecule has 0 saturated heterocycles. The summed E-state index contributed by atoms with van der Waals surface area (Å²) in [4.78, 5) is 10.2. The van der Waals surface area contributed by atoms with Crippen LogP contribution < -0.4 is 0 Å². The Morgan fingerprint density at radius 3 is 2.71 bits per heavy atom. The van der Waals surface area contributed by atoms with Crippen LogP contribution in [0.2, 0.25) is 18.8 Å². The maximum Gasteiger partial charge on any atom is 0.189 e. The van der Waals surface area contributed by atoms with Crippen LogP contribution in [-0.4, -0.2) is 40.7 Å². The van der Waals surface area contributed by atoms with Gasteiger partial charge in [0.25, 0.3) is 0 Å². The van der Waals surface area contributed by atoms with E-state index in [0.29, 0.717) is 6.23 Å². The molecular formula is C8H22O3Si3. The van der Waals surface area contributed by atoms with Gasteiger partial charge in [-0.05, 0) is 12.6 Å². The van der Waals surface area contributed by atoms with Gasteiger partial charge >= 0.3 is 0 Å². The van der Waals surface area contributed by atoms with Crippen LogP contribution in [0.3, 0.4) is 0 Å². The Kier molecular flexibility index (Phi) is 10.0. The van der Waals surface area contributed by atoms with Crippen LogP contribution >= 0.6 is 0 Å². The van der Waals surface area contributed by atoms with Crippen molar-refractivity contribution in [2.75, 3.05) is 6.23 Å². The van der Waals surface area contributed by atoms with Crippen molar-refractivity contribution in [1.82, 2.24) is 0 Å². The molecule has 14 heavy (non-hydrogen) atoms. The molecule has 0 fully saturated rings. The molecular weight excluding hydrogens is 228 g/mol. The molecule has 0 amide bonds. The summed E-state index contributed by atoms with van der Waals surface area (Å²) >= 11 is 0. The van der Waals surface area contributed by atoms with E-state index in [0.717, 1.165) is 0 Å². The van der Waals surface area contributed by atoms with E-state index in [2.05, 4.69) is 19.7 Å². The first kappa shape index (κ1) is 14.3. The minimum atomic E-state index is -1.06. The van der Waals surface area contributed by atoms with Crippen molar-refractivity contribution in [3.05, 3.63) is 12.7 Å². The Hall–Kier alpha value is 0.271. The zero-order chi connectivity index (χ0) is 10.8. The van der Waals surface area contributed by atoms with Crippen molar-refractivity contribution >= 4 is 28.3 Å². The van der Waals surface area contributed by atoms with Crippen LogP contribution in [0.5, 0.6) is 0 Å². The molecule has 0 aliphatic heterocycles. The first-order valence-corrected chi connectivity index (χ1v) is 11.8. The molecule has 0 spiro atoms. The van der Waals surface area contributed by atoms with Crippen LogP contribution in [0, 0.1) is 0 Å². The fourth-order valence-corrected chi connectivity index (χ4v) is 8.94. The summed E-state index contributed by atoms with van der Waals surface area (Å²) in [6, 6.07) is 0. The third kappa shape index (κ3) is 7.65. The molecule has 6 heteroatoms. The highest BCUT2D eigenvalue weighted by atomic mass is 28.4. The van der Waals surface area contributed by atoms with Crippen molar-refractivity contribution in [3.8, 4) is 0 Å². The molecule has 0 aromatic carbocycles.